The lowest BCUT2D eigenvalue weighted by Crippen LogP contribution is -1.99. The van der Waals surface area contributed by atoms with Gasteiger partial charge in [0.15, 0.2) is 11.5 Å². The van der Waals surface area contributed by atoms with E-state index in [2.05, 4.69) is 4.98 Å². The van der Waals surface area contributed by atoms with E-state index in [1.54, 1.807) is 39.7 Å². The van der Waals surface area contributed by atoms with Gasteiger partial charge in [-0.05, 0) is 18.6 Å². The molecule has 0 fully saturated rings. The summed E-state index contributed by atoms with van der Waals surface area (Å²) in [6.07, 6.45) is 1.64. The summed E-state index contributed by atoms with van der Waals surface area (Å²) >= 11 is 0. The Bertz CT molecular complexity index is 619. The van der Waals surface area contributed by atoms with Crippen LogP contribution in [-0.4, -0.2) is 26.3 Å². The number of nitrogen functional groups attached to an aromatic ring is 1. The molecule has 0 radical (unpaired) electrons. The standard InChI is InChI=1S/C15H18N2O4/c1-9-5-6-17-15(13(9)16)21-10-7-11(18-2)14(20-4)12(8-10)19-3/h5-8H,16H2,1-4H3. The molecule has 0 spiro atoms. The van der Waals surface area contributed by atoms with Crippen molar-refractivity contribution >= 4 is 5.69 Å². The smallest absolute Gasteiger partial charge is 0.242 e. The molecule has 1 aromatic heterocycles. The minimum atomic E-state index is 0.337. The van der Waals surface area contributed by atoms with E-state index in [4.69, 9.17) is 24.7 Å². The first-order valence-electron chi connectivity index (χ1n) is 6.29. The molecule has 0 aliphatic carbocycles. The van der Waals surface area contributed by atoms with Crippen molar-refractivity contribution in [2.24, 2.45) is 0 Å². The number of aryl methyl sites for hydroxylation is 1. The summed E-state index contributed by atoms with van der Waals surface area (Å²) < 4.78 is 21.5. The second-order valence-corrected chi connectivity index (χ2v) is 4.31. The first-order chi connectivity index (χ1) is 10.1. The lowest BCUT2D eigenvalue weighted by molar-refractivity contribution is 0.320. The Morgan fingerprint density at radius 3 is 2.14 bits per heavy atom. The van der Waals surface area contributed by atoms with Gasteiger partial charge in [-0.15, -0.1) is 0 Å². The maximum absolute atomic E-state index is 5.95. The van der Waals surface area contributed by atoms with Crippen molar-refractivity contribution in [1.82, 2.24) is 4.98 Å². The van der Waals surface area contributed by atoms with Crippen LogP contribution < -0.4 is 24.7 Å². The highest BCUT2D eigenvalue weighted by Gasteiger charge is 2.15. The van der Waals surface area contributed by atoms with E-state index in [1.165, 1.54) is 0 Å². The van der Waals surface area contributed by atoms with E-state index in [1.807, 2.05) is 13.0 Å². The number of nitrogens with zero attached hydrogens (tertiary/aromatic N) is 1. The van der Waals surface area contributed by atoms with E-state index in [0.717, 1.165) is 5.56 Å². The molecule has 0 saturated heterocycles. The normalized spacial score (nSPS) is 10.1. The third-order valence-corrected chi connectivity index (χ3v) is 3.02. The topological polar surface area (TPSA) is 75.8 Å². The SMILES string of the molecule is COc1cc(Oc2nccc(C)c2N)cc(OC)c1OC. The maximum Gasteiger partial charge on any atom is 0.242 e. The van der Waals surface area contributed by atoms with Crippen LogP contribution in [0.1, 0.15) is 5.56 Å². The number of benzene rings is 1. The summed E-state index contributed by atoms with van der Waals surface area (Å²) in [5.41, 5.74) is 7.34. The summed E-state index contributed by atoms with van der Waals surface area (Å²) in [7, 11) is 4.63. The molecule has 6 heteroatoms. The van der Waals surface area contributed by atoms with E-state index in [0.29, 0.717) is 34.6 Å². The van der Waals surface area contributed by atoms with Crippen molar-refractivity contribution in [2.45, 2.75) is 6.92 Å². The molecule has 0 saturated carbocycles. The second-order valence-electron chi connectivity index (χ2n) is 4.31. The van der Waals surface area contributed by atoms with Gasteiger partial charge >= 0.3 is 0 Å². The fraction of sp³-hybridized carbons (Fsp3) is 0.267. The van der Waals surface area contributed by atoms with Crippen molar-refractivity contribution in [3.63, 3.8) is 0 Å². The van der Waals surface area contributed by atoms with Crippen molar-refractivity contribution in [2.75, 3.05) is 27.1 Å². The van der Waals surface area contributed by atoms with E-state index in [9.17, 15) is 0 Å². The highest BCUT2D eigenvalue weighted by atomic mass is 16.5. The lowest BCUT2D eigenvalue weighted by Gasteiger charge is -2.15. The first-order valence-corrected chi connectivity index (χ1v) is 6.29. The number of pyridine rings is 1. The van der Waals surface area contributed by atoms with Crippen LogP contribution in [0.3, 0.4) is 0 Å². The van der Waals surface area contributed by atoms with Crippen LogP contribution in [0.4, 0.5) is 5.69 Å². The number of nitrogens with two attached hydrogens (primary N) is 1. The summed E-state index contributed by atoms with van der Waals surface area (Å²) in [5, 5.41) is 0. The number of aromatic nitrogens is 1. The zero-order chi connectivity index (χ0) is 15.4. The number of methoxy groups -OCH3 is 3. The van der Waals surface area contributed by atoms with Gasteiger partial charge in [0.1, 0.15) is 5.75 Å². The molecule has 0 aliphatic heterocycles. The van der Waals surface area contributed by atoms with Crippen LogP contribution >= 0.6 is 0 Å². The molecule has 2 rings (SSSR count). The Labute approximate surface area is 123 Å². The Morgan fingerprint density at radius 1 is 1.00 bits per heavy atom. The van der Waals surface area contributed by atoms with Crippen molar-refractivity contribution in [3.8, 4) is 28.9 Å². The van der Waals surface area contributed by atoms with Crippen LogP contribution in [0.15, 0.2) is 24.4 Å². The molecule has 21 heavy (non-hydrogen) atoms. The number of anilines is 1. The van der Waals surface area contributed by atoms with Gasteiger partial charge < -0.3 is 24.7 Å². The molecule has 1 heterocycles. The van der Waals surface area contributed by atoms with Crippen LogP contribution in [0.2, 0.25) is 0 Å². The Hall–Kier alpha value is -2.63. The van der Waals surface area contributed by atoms with Crippen molar-refractivity contribution in [3.05, 3.63) is 30.0 Å². The fourth-order valence-corrected chi connectivity index (χ4v) is 1.85. The molecule has 6 nitrogen and oxygen atoms in total. The van der Waals surface area contributed by atoms with Crippen molar-refractivity contribution in [1.29, 1.82) is 0 Å². The monoisotopic (exact) mass is 290 g/mol. The largest absolute Gasteiger partial charge is 0.493 e. The molecular weight excluding hydrogens is 272 g/mol. The fourth-order valence-electron chi connectivity index (χ4n) is 1.85. The molecule has 2 aromatic rings. The Kier molecular flexibility index (Phi) is 4.37. The molecule has 0 amide bonds. The van der Waals surface area contributed by atoms with Crippen LogP contribution in [-0.2, 0) is 0 Å². The second kappa shape index (κ2) is 6.21. The quantitative estimate of drug-likeness (QED) is 0.912. The summed E-state index contributed by atoms with van der Waals surface area (Å²) in [6.45, 7) is 1.89. The van der Waals surface area contributed by atoms with Crippen LogP contribution in [0, 0.1) is 6.92 Å². The van der Waals surface area contributed by atoms with Crippen molar-refractivity contribution < 1.29 is 18.9 Å². The Balaban J connectivity index is 2.43. The maximum atomic E-state index is 5.95. The van der Waals surface area contributed by atoms with E-state index >= 15 is 0 Å². The minimum absolute atomic E-state index is 0.337. The van der Waals surface area contributed by atoms with E-state index < -0.39 is 0 Å². The highest BCUT2D eigenvalue weighted by Crippen LogP contribution is 2.42. The summed E-state index contributed by atoms with van der Waals surface area (Å²) in [6, 6.07) is 5.19. The summed E-state index contributed by atoms with van der Waals surface area (Å²) in [5.74, 6) is 2.33. The van der Waals surface area contributed by atoms with Crippen LogP contribution in [0.5, 0.6) is 28.9 Å². The van der Waals surface area contributed by atoms with Gasteiger partial charge in [-0.25, -0.2) is 4.98 Å². The minimum Gasteiger partial charge on any atom is -0.493 e. The van der Waals surface area contributed by atoms with E-state index in [-0.39, 0.29) is 0 Å². The third kappa shape index (κ3) is 2.94. The lowest BCUT2D eigenvalue weighted by atomic mass is 10.2. The average Bonchev–Trinajstić information content (AvgIpc) is 2.50. The molecule has 0 atom stereocenters. The van der Waals surface area contributed by atoms with Gasteiger partial charge in [0, 0.05) is 18.3 Å². The molecule has 112 valence electrons. The molecule has 0 unspecified atom stereocenters. The van der Waals surface area contributed by atoms with Gasteiger partial charge in [0.05, 0.1) is 27.0 Å². The number of rotatable bonds is 5. The summed E-state index contributed by atoms with van der Waals surface area (Å²) in [4.78, 5) is 4.13. The van der Waals surface area contributed by atoms with Gasteiger partial charge in [-0.3, -0.25) is 0 Å². The van der Waals surface area contributed by atoms with Gasteiger partial charge in [-0.2, -0.15) is 0 Å². The first kappa shape index (κ1) is 14.8. The highest BCUT2D eigenvalue weighted by molar-refractivity contribution is 5.59. The third-order valence-electron chi connectivity index (χ3n) is 3.02. The molecule has 1 aromatic carbocycles. The molecule has 0 bridgehead atoms. The van der Waals surface area contributed by atoms with Gasteiger partial charge in [0.25, 0.3) is 0 Å². The predicted octanol–water partition coefficient (Wildman–Crippen LogP) is 2.79. The predicted molar refractivity (Wildman–Crippen MR) is 79.6 cm³/mol. The zero-order valence-corrected chi connectivity index (χ0v) is 12.5. The zero-order valence-electron chi connectivity index (χ0n) is 12.5. The molecule has 0 aliphatic rings. The molecular formula is C15H18N2O4. The van der Waals surface area contributed by atoms with Crippen LogP contribution in [0.25, 0.3) is 0 Å². The average molecular weight is 290 g/mol. The Morgan fingerprint density at radius 2 is 1.62 bits per heavy atom. The van der Waals surface area contributed by atoms with Gasteiger partial charge in [0.2, 0.25) is 11.6 Å². The van der Waals surface area contributed by atoms with Gasteiger partial charge in [-0.1, -0.05) is 0 Å². The number of hydrogen-bond donors (Lipinski definition) is 1. The number of ether oxygens (including phenoxy) is 4. The molecule has 2 N–H and O–H groups in total. The number of hydrogen-bond acceptors (Lipinski definition) is 6.